The van der Waals surface area contributed by atoms with Crippen LogP contribution in [-0.2, 0) is 0 Å². The maximum atomic E-state index is 13.1. The second kappa shape index (κ2) is 7.54. The van der Waals surface area contributed by atoms with Gasteiger partial charge in [0.2, 0.25) is 0 Å². The Kier molecular flexibility index (Phi) is 5.20. The Morgan fingerprint density at radius 1 is 1.32 bits per heavy atom. The molecule has 0 radical (unpaired) electrons. The van der Waals surface area contributed by atoms with Gasteiger partial charge in [-0.25, -0.2) is 4.99 Å². The molecule has 2 aromatic carbocycles. The van der Waals surface area contributed by atoms with E-state index in [4.69, 9.17) is 5.26 Å². The molecule has 0 unspecified atom stereocenters. The predicted octanol–water partition coefficient (Wildman–Crippen LogP) is 4.52. The van der Waals surface area contributed by atoms with Crippen LogP contribution >= 0.6 is 11.8 Å². The molecule has 0 aromatic heterocycles. The Labute approximate surface area is 152 Å². The number of rotatable bonds is 3. The van der Waals surface area contributed by atoms with Gasteiger partial charge in [-0.3, -0.25) is 9.69 Å². The third kappa shape index (κ3) is 3.75. The number of amidine groups is 1. The summed E-state index contributed by atoms with van der Waals surface area (Å²) < 4.78 is 0. The van der Waals surface area contributed by atoms with Crippen molar-refractivity contribution >= 4 is 28.5 Å². The zero-order valence-electron chi connectivity index (χ0n) is 14.3. The molecule has 25 heavy (non-hydrogen) atoms. The summed E-state index contributed by atoms with van der Waals surface area (Å²) in [5.41, 5.74) is 3.03. The molecule has 1 aliphatic rings. The largest absolute Gasteiger partial charge is 0.283 e. The van der Waals surface area contributed by atoms with Gasteiger partial charge in [0.05, 0.1) is 17.3 Å². The molecule has 0 saturated carbocycles. The van der Waals surface area contributed by atoms with Crippen LogP contribution in [0.3, 0.4) is 0 Å². The first kappa shape index (κ1) is 17.2. The van der Waals surface area contributed by atoms with Crippen molar-refractivity contribution in [3.8, 4) is 6.07 Å². The first-order valence-corrected chi connectivity index (χ1v) is 9.23. The van der Waals surface area contributed by atoms with Gasteiger partial charge in [-0.05, 0) is 43.7 Å². The van der Waals surface area contributed by atoms with Crippen LogP contribution in [0.5, 0.6) is 0 Å². The first-order valence-electron chi connectivity index (χ1n) is 8.24. The standard InChI is InChI=1S/C20H19N3OS/c1-3-18-13-25-20(22-17-9-7-14(2)8-10-17)23(18)19(24)16-6-4-5-15(11-16)12-21/h4-11,18H,3,13H2,1-2H3/t18-/m0/s1. The zero-order valence-corrected chi connectivity index (χ0v) is 15.1. The number of amides is 1. The fourth-order valence-corrected chi connectivity index (χ4v) is 3.97. The van der Waals surface area contributed by atoms with Crippen LogP contribution in [-0.4, -0.2) is 27.8 Å². The molecule has 0 spiro atoms. The lowest BCUT2D eigenvalue weighted by molar-refractivity contribution is 0.0819. The Balaban J connectivity index is 1.95. The molecular weight excluding hydrogens is 330 g/mol. The summed E-state index contributed by atoms with van der Waals surface area (Å²) in [5, 5.41) is 9.80. The fourth-order valence-electron chi connectivity index (χ4n) is 2.70. The van der Waals surface area contributed by atoms with Crippen LogP contribution in [0.2, 0.25) is 0 Å². The summed E-state index contributed by atoms with van der Waals surface area (Å²) in [5.74, 6) is 0.741. The molecule has 1 fully saturated rings. The van der Waals surface area contributed by atoms with Crippen molar-refractivity contribution in [1.82, 2.24) is 4.90 Å². The van der Waals surface area contributed by atoms with E-state index in [9.17, 15) is 4.79 Å². The highest BCUT2D eigenvalue weighted by Crippen LogP contribution is 2.30. The lowest BCUT2D eigenvalue weighted by Crippen LogP contribution is -2.39. The van der Waals surface area contributed by atoms with Crippen molar-refractivity contribution in [2.75, 3.05) is 5.75 Å². The van der Waals surface area contributed by atoms with Gasteiger partial charge < -0.3 is 0 Å². The molecule has 3 rings (SSSR count). The molecule has 1 heterocycles. The summed E-state index contributed by atoms with van der Waals surface area (Å²) in [6.07, 6.45) is 0.865. The van der Waals surface area contributed by atoms with Gasteiger partial charge in [-0.15, -0.1) is 0 Å². The van der Waals surface area contributed by atoms with Crippen molar-refractivity contribution in [3.05, 3.63) is 65.2 Å². The van der Waals surface area contributed by atoms with E-state index < -0.39 is 0 Å². The average Bonchev–Trinajstić information content (AvgIpc) is 3.05. The number of hydrogen-bond donors (Lipinski definition) is 0. The molecule has 0 aliphatic carbocycles. The molecule has 126 valence electrons. The highest BCUT2D eigenvalue weighted by atomic mass is 32.2. The number of aliphatic imine (C=N–C) groups is 1. The monoisotopic (exact) mass is 349 g/mol. The van der Waals surface area contributed by atoms with E-state index in [0.29, 0.717) is 11.1 Å². The molecule has 0 N–H and O–H groups in total. The second-order valence-corrected chi connectivity index (χ2v) is 6.96. The van der Waals surface area contributed by atoms with Crippen LogP contribution < -0.4 is 0 Å². The Morgan fingerprint density at radius 3 is 2.76 bits per heavy atom. The summed E-state index contributed by atoms with van der Waals surface area (Å²) in [6.45, 7) is 4.11. The van der Waals surface area contributed by atoms with Gasteiger partial charge in [-0.1, -0.05) is 42.4 Å². The smallest absolute Gasteiger partial charge is 0.260 e. The number of benzene rings is 2. The van der Waals surface area contributed by atoms with Crippen molar-refractivity contribution < 1.29 is 4.79 Å². The number of carbonyl (C=O) groups is 1. The summed E-state index contributed by atoms with van der Waals surface area (Å²) in [4.78, 5) is 19.5. The van der Waals surface area contributed by atoms with Crippen LogP contribution in [0.4, 0.5) is 5.69 Å². The lowest BCUT2D eigenvalue weighted by atomic mass is 10.1. The van der Waals surface area contributed by atoms with E-state index in [1.54, 1.807) is 40.9 Å². The molecule has 1 amide bonds. The molecule has 1 atom stereocenters. The number of thioether (sulfide) groups is 1. The lowest BCUT2D eigenvalue weighted by Gasteiger charge is -2.23. The molecule has 1 aliphatic heterocycles. The van der Waals surface area contributed by atoms with E-state index in [0.717, 1.165) is 23.0 Å². The van der Waals surface area contributed by atoms with Crippen LogP contribution in [0, 0.1) is 18.3 Å². The van der Waals surface area contributed by atoms with E-state index >= 15 is 0 Å². The van der Waals surface area contributed by atoms with Crippen LogP contribution in [0.1, 0.15) is 34.8 Å². The predicted molar refractivity (Wildman–Crippen MR) is 102 cm³/mol. The number of aryl methyl sites for hydroxylation is 1. The minimum absolute atomic E-state index is 0.0974. The van der Waals surface area contributed by atoms with E-state index in [1.165, 1.54) is 5.56 Å². The molecular formula is C20H19N3OS. The number of hydrogen-bond acceptors (Lipinski definition) is 4. The highest BCUT2D eigenvalue weighted by molar-refractivity contribution is 8.14. The fraction of sp³-hybridized carbons (Fsp3) is 0.250. The average molecular weight is 349 g/mol. The van der Waals surface area contributed by atoms with E-state index in [1.807, 2.05) is 31.2 Å². The van der Waals surface area contributed by atoms with Crippen molar-refractivity contribution in [2.24, 2.45) is 4.99 Å². The Bertz CT molecular complexity index is 852. The SMILES string of the molecule is CC[C@H]1CSC(=Nc2ccc(C)cc2)N1C(=O)c1cccc(C#N)c1. The summed E-state index contributed by atoms with van der Waals surface area (Å²) >= 11 is 1.61. The summed E-state index contributed by atoms with van der Waals surface area (Å²) in [7, 11) is 0. The molecule has 2 aromatic rings. The molecule has 4 nitrogen and oxygen atoms in total. The molecule has 5 heteroatoms. The van der Waals surface area contributed by atoms with E-state index in [-0.39, 0.29) is 11.9 Å². The normalized spacial score (nSPS) is 18.4. The number of nitriles is 1. The minimum atomic E-state index is -0.0974. The topological polar surface area (TPSA) is 56.5 Å². The van der Waals surface area contributed by atoms with Gasteiger partial charge >= 0.3 is 0 Å². The van der Waals surface area contributed by atoms with Crippen LogP contribution in [0.25, 0.3) is 0 Å². The Hall–Kier alpha value is -2.58. The molecule has 0 bridgehead atoms. The third-order valence-corrected chi connectivity index (χ3v) is 5.26. The van der Waals surface area contributed by atoms with Crippen molar-refractivity contribution in [2.45, 2.75) is 26.3 Å². The second-order valence-electron chi connectivity index (χ2n) is 5.97. The van der Waals surface area contributed by atoms with Crippen LogP contribution in [0.15, 0.2) is 53.5 Å². The zero-order chi connectivity index (χ0) is 17.8. The van der Waals surface area contributed by atoms with Gasteiger partial charge in [0, 0.05) is 17.4 Å². The third-order valence-electron chi connectivity index (χ3n) is 4.16. The maximum absolute atomic E-state index is 13.1. The van der Waals surface area contributed by atoms with Crippen molar-refractivity contribution in [1.29, 1.82) is 5.26 Å². The Morgan fingerprint density at radius 2 is 2.08 bits per heavy atom. The number of nitrogens with zero attached hydrogens (tertiary/aromatic N) is 3. The maximum Gasteiger partial charge on any atom is 0.260 e. The van der Waals surface area contributed by atoms with Gasteiger partial charge in [0.1, 0.15) is 0 Å². The van der Waals surface area contributed by atoms with Gasteiger partial charge in [-0.2, -0.15) is 5.26 Å². The summed E-state index contributed by atoms with van der Waals surface area (Å²) in [6, 6.07) is 17.0. The quantitative estimate of drug-likeness (QED) is 0.818. The minimum Gasteiger partial charge on any atom is -0.283 e. The first-order chi connectivity index (χ1) is 12.1. The highest BCUT2D eigenvalue weighted by Gasteiger charge is 2.34. The van der Waals surface area contributed by atoms with E-state index in [2.05, 4.69) is 18.0 Å². The number of carbonyl (C=O) groups excluding carboxylic acids is 1. The van der Waals surface area contributed by atoms with Gasteiger partial charge in [0.15, 0.2) is 5.17 Å². The van der Waals surface area contributed by atoms with Gasteiger partial charge in [0.25, 0.3) is 5.91 Å². The molecule has 1 saturated heterocycles. The van der Waals surface area contributed by atoms with Crippen molar-refractivity contribution in [3.63, 3.8) is 0 Å².